The predicted molar refractivity (Wildman–Crippen MR) is 90.3 cm³/mol. The molecule has 0 saturated carbocycles. The van der Waals surface area contributed by atoms with Gasteiger partial charge in [0, 0.05) is 11.8 Å². The number of rotatable bonds is 6. The van der Waals surface area contributed by atoms with E-state index in [9.17, 15) is 4.79 Å². The van der Waals surface area contributed by atoms with E-state index in [4.69, 9.17) is 10.5 Å². The van der Waals surface area contributed by atoms with E-state index in [1.807, 2.05) is 25.1 Å². The van der Waals surface area contributed by atoms with Crippen molar-refractivity contribution in [2.75, 3.05) is 11.9 Å². The molecule has 0 atom stereocenters. The van der Waals surface area contributed by atoms with Crippen LogP contribution >= 0.6 is 12.4 Å². The zero-order valence-electron chi connectivity index (χ0n) is 13.5. The molecule has 1 amide bonds. The fourth-order valence-corrected chi connectivity index (χ4v) is 1.53. The molecule has 120 valence electrons. The third-order valence-electron chi connectivity index (χ3n) is 2.98. The fourth-order valence-electron chi connectivity index (χ4n) is 1.53. The van der Waals surface area contributed by atoms with Gasteiger partial charge in [-0.2, -0.15) is 0 Å². The van der Waals surface area contributed by atoms with Crippen LogP contribution in [0.3, 0.4) is 0 Å². The van der Waals surface area contributed by atoms with Crippen molar-refractivity contribution < 1.29 is 9.53 Å². The first kappa shape index (κ1) is 19.7. The van der Waals surface area contributed by atoms with Gasteiger partial charge in [0.2, 0.25) is 5.91 Å². The third kappa shape index (κ3) is 6.82. The summed E-state index contributed by atoms with van der Waals surface area (Å²) in [7, 11) is 0. The zero-order chi connectivity index (χ0) is 15.3. The van der Waals surface area contributed by atoms with Gasteiger partial charge in [0.1, 0.15) is 5.75 Å². The number of amides is 1. The Bertz CT molecular complexity index is 468. The summed E-state index contributed by atoms with van der Waals surface area (Å²) in [5, 5.41) is 2.80. The van der Waals surface area contributed by atoms with Crippen molar-refractivity contribution in [3.05, 3.63) is 23.8 Å². The molecular formula is C16H27ClN2O2. The smallest absolute Gasteiger partial charge is 0.243 e. The van der Waals surface area contributed by atoms with E-state index in [1.54, 1.807) is 13.8 Å². The third-order valence-corrected chi connectivity index (χ3v) is 2.98. The SMILES string of the molecule is Cc1ccc(NC(=O)C(C)(C)N)cc1OCCC(C)C.Cl. The molecule has 0 saturated heterocycles. The van der Waals surface area contributed by atoms with Crippen LogP contribution in [0.5, 0.6) is 5.75 Å². The molecule has 1 aromatic rings. The van der Waals surface area contributed by atoms with Crippen molar-refractivity contribution >= 4 is 24.0 Å². The van der Waals surface area contributed by atoms with Crippen LogP contribution in [0.1, 0.15) is 39.7 Å². The molecule has 1 aromatic carbocycles. The number of aryl methyl sites for hydroxylation is 1. The number of ether oxygens (including phenoxy) is 1. The lowest BCUT2D eigenvalue weighted by Gasteiger charge is -2.18. The highest BCUT2D eigenvalue weighted by Gasteiger charge is 2.21. The highest BCUT2D eigenvalue weighted by Crippen LogP contribution is 2.23. The lowest BCUT2D eigenvalue weighted by Crippen LogP contribution is -2.45. The number of hydrogen-bond donors (Lipinski definition) is 2. The van der Waals surface area contributed by atoms with Gasteiger partial charge in [-0.3, -0.25) is 4.79 Å². The average molecular weight is 315 g/mol. The first-order valence-electron chi connectivity index (χ1n) is 7.04. The minimum atomic E-state index is -0.899. The summed E-state index contributed by atoms with van der Waals surface area (Å²) in [6.07, 6.45) is 1.01. The quantitative estimate of drug-likeness (QED) is 0.844. The van der Waals surface area contributed by atoms with E-state index in [0.29, 0.717) is 18.2 Å². The number of anilines is 1. The molecule has 4 nitrogen and oxygen atoms in total. The van der Waals surface area contributed by atoms with Crippen molar-refractivity contribution in [2.24, 2.45) is 11.7 Å². The molecule has 0 aliphatic carbocycles. The highest BCUT2D eigenvalue weighted by atomic mass is 35.5. The molecule has 0 bridgehead atoms. The second kappa shape index (κ2) is 8.25. The summed E-state index contributed by atoms with van der Waals surface area (Å²) < 4.78 is 5.77. The summed E-state index contributed by atoms with van der Waals surface area (Å²) >= 11 is 0. The van der Waals surface area contributed by atoms with Crippen LogP contribution in [-0.2, 0) is 4.79 Å². The van der Waals surface area contributed by atoms with Crippen molar-refractivity contribution in [1.29, 1.82) is 0 Å². The van der Waals surface area contributed by atoms with Gasteiger partial charge in [-0.25, -0.2) is 0 Å². The summed E-state index contributed by atoms with van der Waals surface area (Å²) in [5.41, 5.74) is 6.63. The van der Waals surface area contributed by atoms with Crippen molar-refractivity contribution in [2.45, 2.75) is 46.6 Å². The molecule has 0 spiro atoms. The lowest BCUT2D eigenvalue weighted by atomic mass is 10.1. The minimum absolute atomic E-state index is 0. The van der Waals surface area contributed by atoms with E-state index in [1.165, 1.54) is 0 Å². The molecule has 0 fully saturated rings. The van der Waals surface area contributed by atoms with Crippen LogP contribution in [0.15, 0.2) is 18.2 Å². The van der Waals surface area contributed by atoms with E-state index in [-0.39, 0.29) is 18.3 Å². The Balaban J connectivity index is 0.00000400. The number of nitrogens with two attached hydrogens (primary N) is 1. The van der Waals surface area contributed by atoms with E-state index in [2.05, 4.69) is 19.2 Å². The van der Waals surface area contributed by atoms with Gasteiger partial charge < -0.3 is 15.8 Å². The Morgan fingerprint density at radius 2 is 2.00 bits per heavy atom. The second-order valence-electron chi connectivity index (χ2n) is 6.19. The molecule has 0 aromatic heterocycles. The first-order valence-corrected chi connectivity index (χ1v) is 7.04. The number of halogens is 1. The van der Waals surface area contributed by atoms with E-state index >= 15 is 0 Å². The number of carbonyl (C=O) groups is 1. The monoisotopic (exact) mass is 314 g/mol. The molecule has 0 radical (unpaired) electrons. The highest BCUT2D eigenvalue weighted by molar-refractivity contribution is 5.97. The van der Waals surface area contributed by atoms with Gasteiger partial charge in [-0.1, -0.05) is 19.9 Å². The Kier molecular flexibility index (Phi) is 7.75. The maximum atomic E-state index is 11.9. The Morgan fingerprint density at radius 3 is 2.52 bits per heavy atom. The maximum Gasteiger partial charge on any atom is 0.243 e. The van der Waals surface area contributed by atoms with E-state index < -0.39 is 5.54 Å². The van der Waals surface area contributed by atoms with Crippen molar-refractivity contribution in [3.8, 4) is 5.75 Å². The van der Waals surface area contributed by atoms with Crippen LogP contribution in [0.4, 0.5) is 5.69 Å². The molecule has 0 unspecified atom stereocenters. The average Bonchev–Trinajstić information content (AvgIpc) is 2.31. The van der Waals surface area contributed by atoms with Crippen molar-refractivity contribution in [1.82, 2.24) is 0 Å². The van der Waals surface area contributed by atoms with Gasteiger partial charge in [0.05, 0.1) is 12.1 Å². The molecule has 0 heterocycles. The molecular weight excluding hydrogens is 288 g/mol. The van der Waals surface area contributed by atoms with Crippen molar-refractivity contribution in [3.63, 3.8) is 0 Å². The summed E-state index contributed by atoms with van der Waals surface area (Å²) in [5.74, 6) is 1.20. The predicted octanol–water partition coefficient (Wildman–Crippen LogP) is 3.52. The number of hydrogen-bond acceptors (Lipinski definition) is 3. The number of carbonyl (C=O) groups excluding carboxylic acids is 1. The summed E-state index contributed by atoms with van der Waals surface area (Å²) in [4.78, 5) is 11.9. The van der Waals surface area contributed by atoms with Crippen LogP contribution in [0.2, 0.25) is 0 Å². The maximum absolute atomic E-state index is 11.9. The standard InChI is InChI=1S/C16H26N2O2.ClH/c1-11(2)8-9-20-14-10-13(7-6-12(14)3)18-15(19)16(4,5)17;/h6-7,10-11H,8-9,17H2,1-5H3,(H,18,19);1H. The van der Waals surface area contributed by atoms with Crippen LogP contribution in [-0.4, -0.2) is 18.1 Å². The van der Waals surface area contributed by atoms with Crippen LogP contribution in [0, 0.1) is 12.8 Å². The van der Waals surface area contributed by atoms with Gasteiger partial charge in [0.25, 0.3) is 0 Å². The summed E-state index contributed by atoms with van der Waals surface area (Å²) in [6.45, 7) is 10.3. The number of nitrogens with one attached hydrogen (secondary N) is 1. The zero-order valence-corrected chi connectivity index (χ0v) is 14.3. The Hall–Kier alpha value is -1.26. The molecule has 3 N–H and O–H groups in total. The molecule has 0 aliphatic heterocycles. The molecule has 21 heavy (non-hydrogen) atoms. The molecule has 0 aliphatic rings. The fraction of sp³-hybridized carbons (Fsp3) is 0.562. The topological polar surface area (TPSA) is 64.4 Å². The van der Waals surface area contributed by atoms with Crippen LogP contribution in [0.25, 0.3) is 0 Å². The van der Waals surface area contributed by atoms with E-state index in [0.717, 1.165) is 17.7 Å². The normalized spacial score (nSPS) is 11.0. The number of benzene rings is 1. The van der Waals surface area contributed by atoms with Gasteiger partial charge in [-0.05, 0) is 44.7 Å². The van der Waals surface area contributed by atoms with Gasteiger partial charge in [-0.15, -0.1) is 12.4 Å². The van der Waals surface area contributed by atoms with Gasteiger partial charge in [0.15, 0.2) is 0 Å². The van der Waals surface area contributed by atoms with Crippen LogP contribution < -0.4 is 15.8 Å². The molecule has 5 heteroatoms. The summed E-state index contributed by atoms with van der Waals surface area (Å²) in [6, 6.07) is 5.64. The van der Waals surface area contributed by atoms with Gasteiger partial charge >= 0.3 is 0 Å². The second-order valence-corrected chi connectivity index (χ2v) is 6.19. The lowest BCUT2D eigenvalue weighted by molar-refractivity contribution is -0.120. The Labute approximate surface area is 133 Å². The first-order chi connectivity index (χ1) is 9.20. The largest absolute Gasteiger partial charge is 0.493 e. The Morgan fingerprint density at radius 1 is 1.38 bits per heavy atom. The molecule has 1 rings (SSSR count). The minimum Gasteiger partial charge on any atom is -0.493 e.